The van der Waals surface area contributed by atoms with E-state index in [1.54, 1.807) is 18.2 Å². The molecule has 2 heterocycles. The van der Waals surface area contributed by atoms with Crippen molar-refractivity contribution in [3.05, 3.63) is 77.7 Å². The van der Waals surface area contributed by atoms with Crippen LogP contribution >= 0.6 is 0 Å². The molecule has 1 atom stereocenters. The molecule has 5 heteroatoms. The monoisotopic (exact) mass is 349 g/mol. The van der Waals surface area contributed by atoms with Crippen LogP contribution in [0.1, 0.15) is 22.5 Å². The van der Waals surface area contributed by atoms with E-state index in [0.29, 0.717) is 17.3 Å². The second-order valence-corrected chi connectivity index (χ2v) is 6.77. The van der Waals surface area contributed by atoms with E-state index in [4.69, 9.17) is 0 Å². The minimum absolute atomic E-state index is 0.0265. The van der Waals surface area contributed by atoms with E-state index in [0.717, 1.165) is 31.5 Å². The number of benzene rings is 2. The van der Waals surface area contributed by atoms with E-state index >= 15 is 0 Å². The van der Waals surface area contributed by atoms with Gasteiger partial charge in [-0.3, -0.25) is 9.89 Å². The lowest BCUT2D eigenvalue weighted by Crippen LogP contribution is -2.29. The quantitative estimate of drug-likeness (QED) is 0.776. The zero-order chi connectivity index (χ0) is 17.9. The van der Waals surface area contributed by atoms with Crippen LogP contribution in [0.5, 0.6) is 0 Å². The van der Waals surface area contributed by atoms with Crippen LogP contribution < -0.4 is 0 Å². The molecule has 3 aromatic rings. The lowest BCUT2D eigenvalue weighted by Gasteiger charge is -2.15. The summed E-state index contributed by atoms with van der Waals surface area (Å²) in [7, 11) is 0. The lowest BCUT2D eigenvalue weighted by atomic mass is 9.99. The van der Waals surface area contributed by atoms with Gasteiger partial charge in [0.1, 0.15) is 11.5 Å². The summed E-state index contributed by atoms with van der Waals surface area (Å²) >= 11 is 0. The summed E-state index contributed by atoms with van der Waals surface area (Å²) in [6.45, 7) is 1.53. The maximum Gasteiger partial charge on any atom is 0.271 e. The highest BCUT2D eigenvalue weighted by molar-refractivity contribution is 5.93. The van der Waals surface area contributed by atoms with E-state index in [-0.39, 0.29) is 11.7 Å². The Bertz CT molecular complexity index is 889. The number of aromatic amines is 1. The summed E-state index contributed by atoms with van der Waals surface area (Å²) in [6, 6.07) is 18.2. The molecule has 0 radical (unpaired) electrons. The van der Waals surface area contributed by atoms with E-state index < -0.39 is 0 Å². The van der Waals surface area contributed by atoms with Gasteiger partial charge in [0.2, 0.25) is 0 Å². The number of rotatable bonds is 4. The highest BCUT2D eigenvalue weighted by Gasteiger charge is 2.28. The molecule has 0 spiro atoms. The molecule has 1 amide bonds. The first-order valence-electron chi connectivity index (χ1n) is 8.83. The number of nitrogens with one attached hydrogen (secondary N) is 1. The SMILES string of the molecule is O=C(c1cc(-c2ccc(F)cc2)n[nH]1)N1CC[C@H](Cc2ccccc2)C1. The fourth-order valence-electron chi connectivity index (χ4n) is 3.50. The fourth-order valence-corrected chi connectivity index (χ4v) is 3.50. The summed E-state index contributed by atoms with van der Waals surface area (Å²) in [5, 5.41) is 7.03. The van der Waals surface area contributed by atoms with Gasteiger partial charge in [-0.1, -0.05) is 30.3 Å². The third-order valence-electron chi connectivity index (χ3n) is 4.89. The number of H-pyrrole nitrogens is 1. The van der Waals surface area contributed by atoms with Gasteiger partial charge in [-0.15, -0.1) is 0 Å². The predicted molar refractivity (Wildman–Crippen MR) is 98.1 cm³/mol. The topological polar surface area (TPSA) is 49.0 Å². The average molecular weight is 349 g/mol. The van der Waals surface area contributed by atoms with Crippen molar-refractivity contribution in [3.8, 4) is 11.3 Å². The van der Waals surface area contributed by atoms with Crippen LogP contribution in [0.15, 0.2) is 60.7 Å². The summed E-state index contributed by atoms with van der Waals surface area (Å²) in [4.78, 5) is 14.6. The highest BCUT2D eigenvalue weighted by atomic mass is 19.1. The summed E-state index contributed by atoms with van der Waals surface area (Å²) in [5.74, 6) is 0.171. The summed E-state index contributed by atoms with van der Waals surface area (Å²) < 4.78 is 13.0. The third-order valence-corrected chi connectivity index (χ3v) is 4.89. The largest absolute Gasteiger partial charge is 0.337 e. The molecule has 1 N–H and O–H groups in total. The van der Waals surface area contributed by atoms with Gasteiger partial charge in [-0.25, -0.2) is 4.39 Å². The van der Waals surface area contributed by atoms with Crippen molar-refractivity contribution in [1.29, 1.82) is 0 Å². The molecule has 0 saturated carbocycles. The van der Waals surface area contributed by atoms with Crippen LogP contribution in [0.4, 0.5) is 4.39 Å². The molecule has 4 rings (SSSR count). The molecule has 2 aromatic carbocycles. The van der Waals surface area contributed by atoms with Gasteiger partial charge in [0, 0.05) is 18.7 Å². The van der Waals surface area contributed by atoms with Gasteiger partial charge in [0.15, 0.2) is 0 Å². The standard InChI is InChI=1S/C21H20FN3O/c22-18-8-6-17(7-9-18)19-13-20(24-23-19)21(26)25-11-10-16(14-25)12-15-4-2-1-3-5-15/h1-9,13,16H,10-12,14H2,(H,23,24)/t16-/m1/s1. The number of amides is 1. The minimum atomic E-state index is -0.290. The van der Waals surface area contributed by atoms with E-state index in [1.807, 2.05) is 11.0 Å². The first-order valence-corrected chi connectivity index (χ1v) is 8.83. The van der Waals surface area contributed by atoms with Crippen LogP contribution in [-0.4, -0.2) is 34.1 Å². The van der Waals surface area contributed by atoms with Crippen LogP contribution in [0.25, 0.3) is 11.3 Å². The Hall–Kier alpha value is -2.95. The Morgan fingerprint density at radius 1 is 1.15 bits per heavy atom. The minimum Gasteiger partial charge on any atom is -0.337 e. The Kier molecular flexibility index (Phi) is 4.52. The first-order chi connectivity index (χ1) is 12.7. The van der Waals surface area contributed by atoms with Gasteiger partial charge in [0.05, 0.1) is 5.69 Å². The third kappa shape index (κ3) is 3.52. The number of carbonyl (C=O) groups is 1. The van der Waals surface area contributed by atoms with E-state index in [2.05, 4.69) is 34.5 Å². The molecule has 0 unspecified atom stereocenters. The van der Waals surface area contributed by atoms with Gasteiger partial charge >= 0.3 is 0 Å². The smallest absolute Gasteiger partial charge is 0.271 e. The Morgan fingerprint density at radius 3 is 2.69 bits per heavy atom. The Labute approximate surface area is 151 Å². The van der Waals surface area contributed by atoms with Gasteiger partial charge in [-0.2, -0.15) is 5.10 Å². The lowest BCUT2D eigenvalue weighted by molar-refractivity contribution is 0.0781. The highest BCUT2D eigenvalue weighted by Crippen LogP contribution is 2.24. The Balaban J connectivity index is 1.41. The van der Waals surface area contributed by atoms with Gasteiger partial charge < -0.3 is 4.90 Å². The van der Waals surface area contributed by atoms with Crippen LogP contribution in [0, 0.1) is 11.7 Å². The maximum absolute atomic E-state index is 13.0. The van der Waals surface area contributed by atoms with Gasteiger partial charge in [0.25, 0.3) is 5.91 Å². The fraction of sp³-hybridized carbons (Fsp3) is 0.238. The number of likely N-dealkylation sites (tertiary alicyclic amines) is 1. The van der Waals surface area contributed by atoms with Crippen molar-refractivity contribution in [2.24, 2.45) is 5.92 Å². The van der Waals surface area contributed by atoms with Crippen LogP contribution in [-0.2, 0) is 6.42 Å². The summed E-state index contributed by atoms with van der Waals surface area (Å²) in [5.41, 5.74) is 3.22. The average Bonchev–Trinajstić information content (AvgIpc) is 3.33. The Morgan fingerprint density at radius 2 is 1.92 bits per heavy atom. The molecule has 1 aromatic heterocycles. The number of nitrogens with zero attached hydrogens (tertiary/aromatic N) is 2. The van der Waals surface area contributed by atoms with Gasteiger partial charge in [-0.05, 0) is 54.7 Å². The normalized spacial score (nSPS) is 16.8. The van der Waals surface area contributed by atoms with E-state index in [1.165, 1.54) is 17.7 Å². The molecule has 0 aliphatic carbocycles. The zero-order valence-electron chi connectivity index (χ0n) is 14.4. The number of carbonyl (C=O) groups excluding carboxylic acids is 1. The molecule has 1 aliphatic rings. The zero-order valence-corrected chi connectivity index (χ0v) is 14.4. The first kappa shape index (κ1) is 16.5. The van der Waals surface area contributed by atoms with Crippen molar-refractivity contribution in [2.45, 2.75) is 12.8 Å². The molecule has 4 nitrogen and oxygen atoms in total. The second kappa shape index (κ2) is 7.12. The van der Waals surface area contributed by atoms with Crippen molar-refractivity contribution < 1.29 is 9.18 Å². The maximum atomic E-state index is 13.0. The second-order valence-electron chi connectivity index (χ2n) is 6.77. The molecule has 132 valence electrons. The molecule has 1 saturated heterocycles. The molecule has 1 aliphatic heterocycles. The molecule has 0 bridgehead atoms. The van der Waals surface area contributed by atoms with Crippen LogP contribution in [0.3, 0.4) is 0 Å². The van der Waals surface area contributed by atoms with Crippen molar-refractivity contribution >= 4 is 5.91 Å². The number of hydrogen-bond acceptors (Lipinski definition) is 2. The molecular formula is C21H20FN3O. The molecular weight excluding hydrogens is 329 g/mol. The van der Waals surface area contributed by atoms with Crippen molar-refractivity contribution in [2.75, 3.05) is 13.1 Å². The predicted octanol–water partition coefficient (Wildman–Crippen LogP) is 3.92. The van der Waals surface area contributed by atoms with Crippen LogP contribution in [0.2, 0.25) is 0 Å². The number of aromatic nitrogens is 2. The van der Waals surface area contributed by atoms with Crippen molar-refractivity contribution in [3.63, 3.8) is 0 Å². The number of halogens is 1. The van der Waals surface area contributed by atoms with Crippen molar-refractivity contribution in [1.82, 2.24) is 15.1 Å². The molecule has 26 heavy (non-hydrogen) atoms. The van der Waals surface area contributed by atoms with E-state index in [9.17, 15) is 9.18 Å². The summed E-state index contributed by atoms with van der Waals surface area (Å²) in [6.07, 6.45) is 2.01. The number of hydrogen-bond donors (Lipinski definition) is 1. The molecule has 1 fully saturated rings.